The van der Waals surface area contributed by atoms with Crippen molar-refractivity contribution in [1.29, 1.82) is 0 Å². The van der Waals surface area contributed by atoms with Crippen LogP contribution in [0.25, 0.3) is 0 Å². The van der Waals surface area contributed by atoms with Gasteiger partial charge < -0.3 is 10.5 Å². The largest absolute Gasteiger partial charge is 0.488 e. The Balaban J connectivity index is 3.42. The van der Waals surface area contributed by atoms with Gasteiger partial charge in [-0.05, 0) is 18.9 Å². The lowest BCUT2D eigenvalue weighted by Gasteiger charge is -2.30. The lowest BCUT2D eigenvalue weighted by atomic mass is 9.95. The summed E-state index contributed by atoms with van der Waals surface area (Å²) in [5.74, 6) is -1.75. The zero-order valence-corrected chi connectivity index (χ0v) is 13.9. The van der Waals surface area contributed by atoms with Gasteiger partial charge in [-0.2, -0.15) is 0 Å². The fraction of sp³-hybridized carbons (Fsp3) is 0.538. The SMILES string of the molecule is CCC(CC)(CN)NS(=O)(=O)c1cc(F)c(OC)c([N+](=O)[O-])c1. The number of nitrogens with two attached hydrogens (primary N) is 1. The highest BCUT2D eigenvalue weighted by molar-refractivity contribution is 7.89. The summed E-state index contributed by atoms with van der Waals surface area (Å²) in [6, 6.07) is 1.44. The maximum absolute atomic E-state index is 13.9. The molecule has 0 atom stereocenters. The summed E-state index contributed by atoms with van der Waals surface area (Å²) in [5.41, 5.74) is 3.98. The van der Waals surface area contributed by atoms with E-state index in [0.717, 1.165) is 13.2 Å². The third-order valence-electron chi connectivity index (χ3n) is 3.80. The van der Waals surface area contributed by atoms with Gasteiger partial charge in [0.15, 0.2) is 5.82 Å². The molecule has 0 saturated carbocycles. The number of halogens is 1. The molecule has 0 aliphatic heterocycles. The first-order valence-electron chi connectivity index (χ1n) is 6.92. The van der Waals surface area contributed by atoms with Crippen LogP contribution in [0.5, 0.6) is 5.75 Å². The number of hydrogen-bond donors (Lipinski definition) is 2. The Kier molecular flexibility index (Phi) is 6.03. The third-order valence-corrected chi connectivity index (χ3v) is 5.36. The second-order valence-electron chi connectivity index (χ2n) is 5.01. The van der Waals surface area contributed by atoms with Gasteiger partial charge in [0.05, 0.1) is 16.9 Å². The van der Waals surface area contributed by atoms with E-state index in [1.165, 1.54) is 0 Å². The van der Waals surface area contributed by atoms with Crippen LogP contribution in [0.4, 0.5) is 10.1 Å². The Morgan fingerprint density at radius 3 is 2.35 bits per heavy atom. The molecule has 0 bridgehead atoms. The van der Waals surface area contributed by atoms with E-state index in [9.17, 15) is 22.9 Å². The van der Waals surface area contributed by atoms with Gasteiger partial charge in [0.2, 0.25) is 15.8 Å². The summed E-state index contributed by atoms with van der Waals surface area (Å²) in [7, 11) is -3.13. The molecule has 1 aromatic carbocycles. The molecule has 8 nitrogen and oxygen atoms in total. The van der Waals surface area contributed by atoms with E-state index in [4.69, 9.17) is 5.73 Å². The minimum Gasteiger partial charge on any atom is -0.488 e. The number of hydrogen-bond acceptors (Lipinski definition) is 6. The molecule has 1 aromatic rings. The van der Waals surface area contributed by atoms with Crippen molar-refractivity contribution in [2.75, 3.05) is 13.7 Å². The van der Waals surface area contributed by atoms with Gasteiger partial charge >= 0.3 is 5.69 Å². The first-order valence-corrected chi connectivity index (χ1v) is 8.40. The number of rotatable bonds is 8. The fourth-order valence-corrected chi connectivity index (χ4v) is 3.70. The lowest BCUT2D eigenvalue weighted by molar-refractivity contribution is -0.386. The standard InChI is InChI=1S/C13H20FN3O5S/c1-4-13(5-2,8-15)16-23(20,21)9-6-10(14)12(22-3)11(7-9)17(18)19/h6-7,16H,4-5,8,15H2,1-3H3. The second-order valence-corrected chi connectivity index (χ2v) is 6.69. The van der Waals surface area contributed by atoms with E-state index < -0.39 is 42.6 Å². The number of nitrogens with one attached hydrogen (secondary N) is 1. The minimum atomic E-state index is -4.19. The van der Waals surface area contributed by atoms with Crippen LogP contribution >= 0.6 is 0 Å². The van der Waals surface area contributed by atoms with Crippen molar-refractivity contribution in [3.63, 3.8) is 0 Å². The molecule has 0 unspecified atom stereocenters. The molecule has 10 heteroatoms. The molecule has 1 rings (SSSR count). The summed E-state index contributed by atoms with van der Waals surface area (Å²) >= 11 is 0. The van der Waals surface area contributed by atoms with Gasteiger partial charge in [-0.3, -0.25) is 10.1 Å². The molecular weight excluding hydrogens is 329 g/mol. The monoisotopic (exact) mass is 349 g/mol. The van der Waals surface area contributed by atoms with Gasteiger partial charge in [0, 0.05) is 18.2 Å². The number of nitro groups is 1. The van der Waals surface area contributed by atoms with Crippen molar-refractivity contribution in [2.45, 2.75) is 37.1 Å². The molecule has 0 radical (unpaired) electrons. The van der Waals surface area contributed by atoms with Gasteiger partial charge in [-0.15, -0.1) is 0 Å². The van der Waals surface area contributed by atoms with E-state index in [0.29, 0.717) is 18.9 Å². The molecule has 3 N–H and O–H groups in total. The summed E-state index contributed by atoms with van der Waals surface area (Å²) < 4.78 is 45.9. The molecule has 0 heterocycles. The first kappa shape index (κ1) is 19.3. The van der Waals surface area contributed by atoms with Gasteiger partial charge in [0.25, 0.3) is 0 Å². The lowest BCUT2D eigenvalue weighted by Crippen LogP contribution is -2.52. The number of nitro benzene ring substituents is 1. The molecule has 0 fully saturated rings. The van der Waals surface area contributed by atoms with Crippen LogP contribution in [0, 0.1) is 15.9 Å². The number of methoxy groups -OCH3 is 1. The molecule has 0 aromatic heterocycles. The van der Waals surface area contributed by atoms with E-state index >= 15 is 0 Å². The van der Waals surface area contributed by atoms with Crippen LogP contribution in [-0.2, 0) is 10.0 Å². The van der Waals surface area contributed by atoms with Crippen LogP contribution < -0.4 is 15.2 Å². The summed E-state index contributed by atoms with van der Waals surface area (Å²) in [5, 5.41) is 11.0. The average molecular weight is 349 g/mol. The number of nitrogens with zero attached hydrogens (tertiary/aromatic N) is 1. The first-order chi connectivity index (χ1) is 10.7. The number of sulfonamides is 1. The maximum atomic E-state index is 13.9. The topological polar surface area (TPSA) is 125 Å². The van der Waals surface area contributed by atoms with E-state index in [1.807, 2.05) is 0 Å². The zero-order chi connectivity index (χ0) is 17.8. The van der Waals surface area contributed by atoms with Crippen molar-refractivity contribution >= 4 is 15.7 Å². The highest BCUT2D eigenvalue weighted by atomic mass is 32.2. The molecule has 130 valence electrons. The van der Waals surface area contributed by atoms with E-state index in [2.05, 4.69) is 9.46 Å². The average Bonchev–Trinajstić information content (AvgIpc) is 2.51. The Morgan fingerprint density at radius 2 is 1.96 bits per heavy atom. The van der Waals surface area contributed by atoms with E-state index in [-0.39, 0.29) is 6.54 Å². The van der Waals surface area contributed by atoms with Crippen LogP contribution in [0.15, 0.2) is 17.0 Å². The van der Waals surface area contributed by atoms with Crippen molar-refractivity contribution < 1.29 is 22.5 Å². The molecule has 0 spiro atoms. The van der Waals surface area contributed by atoms with Crippen molar-refractivity contribution in [3.8, 4) is 5.75 Å². The van der Waals surface area contributed by atoms with E-state index in [1.54, 1.807) is 13.8 Å². The van der Waals surface area contributed by atoms with Gasteiger partial charge in [0.1, 0.15) is 0 Å². The molecule has 0 aliphatic rings. The quantitative estimate of drug-likeness (QED) is 0.542. The van der Waals surface area contributed by atoms with Crippen LogP contribution in [0.1, 0.15) is 26.7 Å². The Bertz CT molecular complexity index is 681. The third kappa shape index (κ3) is 3.95. The van der Waals surface area contributed by atoms with Crippen LogP contribution in [0.2, 0.25) is 0 Å². The predicted octanol–water partition coefficient (Wildman–Crippen LogP) is 1.54. The maximum Gasteiger partial charge on any atom is 0.315 e. The number of ether oxygens (including phenoxy) is 1. The van der Waals surface area contributed by atoms with Crippen molar-refractivity contribution in [2.24, 2.45) is 5.73 Å². The highest BCUT2D eigenvalue weighted by Gasteiger charge is 2.33. The molecule has 0 aliphatic carbocycles. The summed E-state index contributed by atoms with van der Waals surface area (Å²) in [4.78, 5) is 9.53. The molecule has 23 heavy (non-hydrogen) atoms. The smallest absolute Gasteiger partial charge is 0.315 e. The Labute approximate surface area is 134 Å². The van der Waals surface area contributed by atoms with Crippen molar-refractivity contribution in [3.05, 3.63) is 28.1 Å². The highest BCUT2D eigenvalue weighted by Crippen LogP contribution is 2.33. The summed E-state index contributed by atoms with van der Waals surface area (Å²) in [6.45, 7) is 3.56. The zero-order valence-electron chi connectivity index (χ0n) is 13.1. The number of benzene rings is 1. The van der Waals surface area contributed by atoms with Gasteiger partial charge in [-0.25, -0.2) is 17.5 Å². The van der Waals surface area contributed by atoms with Crippen LogP contribution in [-0.4, -0.2) is 32.5 Å². The predicted molar refractivity (Wildman–Crippen MR) is 82.3 cm³/mol. The molecular formula is C13H20FN3O5S. The fourth-order valence-electron chi connectivity index (χ4n) is 2.12. The minimum absolute atomic E-state index is 0.0416. The second kappa shape index (κ2) is 7.20. The van der Waals surface area contributed by atoms with Crippen LogP contribution in [0.3, 0.4) is 0 Å². The normalized spacial score (nSPS) is 12.2. The summed E-state index contributed by atoms with van der Waals surface area (Å²) in [6.07, 6.45) is 0.833. The Morgan fingerprint density at radius 1 is 1.39 bits per heavy atom. The Hall–Kier alpha value is -1.78. The molecule has 0 amide bonds. The van der Waals surface area contributed by atoms with Crippen molar-refractivity contribution in [1.82, 2.24) is 4.72 Å². The van der Waals surface area contributed by atoms with Gasteiger partial charge in [-0.1, -0.05) is 13.8 Å². The molecule has 0 saturated heterocycles.